The van der Waals surface area contributed by atoms with E-state index in [0.29, 0.717) is 0 Å². The Kier molecular flexibility index (Phi) is 2.63. The molecule has 1 heterocycles. The van der Waals surface area contributed by atoms with Crippen molar-refractivity contribution in [2.75, 3.05) is 11.5 Å². The quantitative estimate of drug-likeness (QED) is 0.511. The van der Waals surface area contributed by atoms with Crippen LogP contribution in [0.4, 0.5) is 0 Å². The summed E-state index contributed by atoms with van der Waals surface area (Å²) in [6, 6.07) is 0. The van der Waals surface area contributed by atoms with Crippen molar-refractivity contribution in [2.24, 2.45) is 0 Å². The Morgan fingerprint density at radius 3 is 2.78 bits per heavy atom. The topological polar surface area (TPSA) is 40.5 Å². The van der Waals surface area contributed by atoms with Gasteiger partial charge in [-0.1, -0.05) is 11.5 Å². The molecule has 0 aromatic heterocycles. The molecule has 0 amide bonds. The van der Waals surface area contributed by atoms with E-state index in [-0.39, 0.29) is 0 Å². The van der Waals surface area contributed by atoms with Gasteiger partial charge in [-0.2, -0.15) is 11.8 Å². The lowest BCUT2D eigenvalue weighted by Crippen LogP contribution is -2.07. The Hall–Kier alpha value is 0.0749. The van der Waals surface area contributed by atoms with Gasteiger partial charge in [0.2, 0.25) is 0 Å². The average Bonchev–Trinajstić information content (AvgIpc) is 2.15. The second-order valence-corrected chi connectivity index (χ2v) is 3.15. The predicted molar refractivity (Wildman–Crippen MR) is 40.2 cm³/mol. The molecule has 50 valence electrons. The van der Waals surface area contributed by atoms with Gasteiger partial charge in [0, 0.05) is 5.75 Å². The first-order chi connectivity index (χ1) is 4.29. The lowest BCUT2D eigenvalue weighted by molar-refractivity contribution is 0.423. The summed E-state index contributed by atoms with van der Waals surface area (Å²) < 4.78 is 0. The highest BCUT2D eigenvalue weighted by atomic mass is 32.2. The Balaban J connectivity index is 2.39. The van der Waals surface area contributed by atoms with Crippen LogP contribution in [0.5, 0.6) is 0 Å². The highest BCUT2D eigenvalue weighted by Crippen LogP contribution is 2.21. The molecule has 9 heavy (non-hydrogen) atoms. The van der Waals surface area contributed by atoms with Gasteiger partial charge in [-0.15, -0.1) is 0 Å². The van der Waals surface area contributed by atoms with Crippen molar-refractivity contribution in [2.45, 2.75) is 6.42 Å². The molecule has 0 aromatic carbocycles. The van der Waals surface area contributed by atoms with E-state index in [1.54, 1.807) is 0 Å². The monoisotopic (exact) mass is 144 g/mol. The molecule has 0 radical (unpaired) electrons. The second kappa shape index (κ2) is 3.30. The molecule has 1 saturated heterocycles. The fourth-order valence-corrected chi connectivity index (χ4v) is 1.87. The molecule has 1 fully saturated rings. The SMILES string of the molecule is OB(O)/C=C1/CCSC1. The lowest BCUT2D eigenvalue weighted by Gasteiger charge is -1.91. The van der Waals surface area contributed by atoms with E-state index in [9.17, 15) is 0 Å². The maximum atomic E-state index is 8.48. The average molecular weight is 144 g/mol. The Morgan fingerprint density at radius 1 is 1.56 bits per heavy atom. The maximum absolute atomic E-state index is 8.48. The zero-order valence-corrected chi connectivity index (χ0v) is 5.90. The molecular weight excluding hydrogens is 135 g/mol. The van der Waals surface area contributed by atoms with Crippen LogP contribution in [0.1, 0.15) is 6.42 Å². The summed E-state index contributed by atoms with van der Waals surface area (Å²) in [7, 11) is -1.25. The molecule has 1 aliphatic heterocycles. The third kappa shape index (κ3) is 2.43. The largest absolute Gasteiger partial charge is 0.480 e. The van der Waals surface area contributed by atoms with Gasteiger partial charge < -0.3 is 10.0 Å². The van der Waals surface area contributed by atoms with Gasteiger partial charge in [-0.3, -0.25) is 0 Å². The summed E-state index contributed by atoms with van der Waals surface area (Å²) >= 11 is 1.83. The molecule has 0 aromatic rings. The summed E-state index contributed by atoms with van der Waals surface area (Å²) in [6.07, 6.45) is 1.02. The van der Waals surface area contributed by atoms with Crippen molar-refractivity contribution in [1.82, 2.24) is 0 Å². The molecule has 2 nitrogen and oxygen atoms in total. The molecule has 0 spiro atoms. The Morgan fingerprint density at radius 2 is 2.33 bits per heavy atom. The van der Waals surface area contributed by atoms with E-state index < -0.39 is 7.12 Å². The lowest BCUT2D eigenvalue weighted by atomic mass is 9.88. The molecule has 1 rings (SSSR count). The van der Waals surface area contributed by atoms with Crippen LogP contribution in [0.3, 0.4) is 0 Å². The van der Waals surface area contributed by atoms with Crippen LogP contribution in [0.25, 0.3) is 0 Å². The first-order valence-corrected chi connectivity index (χ1v) is 4.08. The summed E-state index contributed by atoms with van der Waals surface area (Å²) in [4.78, 5) is 0. The van der Waals surface area contributed by atoms with E-state index in [2.05, 4.69) is 0 Å². The Bertz CT molecular complexity index is 116. The third-order valence-corrected chi connectivity index (χ3v) is 2.31. The van der Waals surface area contributed by atoms with Crippen LogP contribution in [-0.2, 0) is 0 Å². The molecule has 1 aliphatic rings. The van der Waals surface area contributed by atoms with Crippen LogP contribution in [0, 0.1) is 0 Å². The number of hydrogen-bond acceptors (Lipinski definition) is 3. The summed E-state index contributed by atoms with van der Waals surface area (Å²) in [5.74, 6) is 3.61. The van der Waals surface area contributed by atoms with Gasteiger partial charge in [0.05, 0.1) is 0 Å². The standard InChI is InChI=1S/C5H9BO2S/c7-6(8)3-5-1-2-9-4-5/h3,7-8H,1-2,4H2/b5-3-. The normalized spacial score (nSPS) is 23.1. The minimum Gasteiger partial charge on any atom is -0.424 e. The van der Waals surface area contributed by atoms with Gasteiger partial charge in [-0.25, -0.2) is 0 Å². The van der Waals surface area contributed by atoms with Crippen molar-refractivity contribution in [1.29, 1.82) is 0 Å². The first-order valence-electron chi connectivity index (χ1n) is 2.92. The van der Waals surface area contributed by atoms with Crippen molar-refractivity contribution in [3.05, 3.63) is 11.5 Å². The van der Waals surface area contributed by atoms with Gasteiger partial charge in [-0.05, 0) is 12.2 Å². The predicted octanol–water partition coefficient (Wildman–Crippen LogP) is 0.0617. The molecule has 2 N–H and O–H groups in total. The first kappa shape index (κ1) is 7.19. The van der Waals surface area contributed by atoms with E-state index in [4.69, 9.17) is 10.0 Å². The fourth-order valence-electron chi connectivity index (χ4n) is 0.821. The third-order valence-electron chi connectivity index (χ3n) is 1.24. The van der Waals surface area contributed by atoms with E-state index in [0.717, 1.165) is 23.5 Å². The fraction of sp³-hybridized carbons (Fsp3) is 0.600. The van der Waals surface area contributed by atoms with Gasteiger partial charge in [0.15, 0.2) is 0 Å². The molecule has 0 saturated carbocycles. The van der Waals surface area contributed by atoms with Crippen LogP contribution in [-0.4, -0.2) is 28.7 Å². The smallest absolute Gasteiger partial charge is 0.424 e. The van der Waals surface area contributed by atoms with E-state index in [1.807, 2.05) is 11.8 Å². The maximum Gasteiger partial charge on any atom is 0.480 e. The summed E-state index contributed by atoms with van der Waals surface area (Å²) in [5, 5.41) is 17.0. The number of hydrogen-bond donors (Lipinski definition) is 2. The van der Waals surface area contributed by atoms with Gasteiger partial charge >= 0.3 is 7.12 Å². The molecule has 0 aliphatic carbocycles. The minimum absolute atomic E-state index is 0.970. The van der Waals surface area contributed by atoms with Crippen molar-refractivity contribution in [3.63, 3.8) is 0 Å². The Labute approximate surface area is 59.1 Å². The van der Waals surface area contributed by atoms with Crippen molar-refractivity contribution in [3.8, 4) is 0 Å². The van der Waals surface area contributed by atoms with Crippen molar-refractivity contribution >= 4 is 18.9 Å². The zero-order chi connectivity index (χ0) is 6.69. The van der Waals surface area contributed by atoms with Crippen LogP contribution in [0.2, 0.25) is 0 Å². The van der Waals surface area contributed by atoms with Crippen LogP contribution >= 0.6 is 11.8 Å². The molecule has 0 unspecified atom stereocenters. The highest BCUT2D eigenvalue weighted by Gasteiger charge is 2.10. The highest BCUT2D eigenvalue weighted by molar-refractivity contribution is 7.99. The molecule has 0 bridgehead atoms. The molecule has 0 atom stereocenters. The van der Waals surface area contributed by atoms with Crippen molar-refractivity contribution < 1.29 is 10.0 Å². The number of rotatable bonds is 1. The van der Waals surface area contributed by atoms with Gasteiger partial charge in [0.25, 0.3) is 0 Å². The summed E-state index contributed by atoms with van der Waals surface area (Å²) in [5.41, 5.74) is 1.16. The zero-order valence-electron chi connectivity index (χ0n) is 5.08. The number of thioether (sulfide) groups is 1. The minimum atomic E-state index is -1.25. The summed E-state index contributed by atoms with van der Waals surface area (Å²) in [6.45, 7) is 0. The van der Waals surface area contributed by atoms with Crippen LogP contribution < -0.4 is 0 Å². The molecular formula is C5H9BO2S. The molecule has 4 heteroatoms. The van der Waals surface area contributed by atoms with Gasteiger partial charge in [0.1, 0.15) is 0 Å². The second-order valence-electron chi connectivity index (χ2n) is 2.04. The van der Waals surface area contributed by atoms with E-state index in [1.165, 1.54) is 5.98 Å². The van der Waals surface area contributed by atoms with Crippen LogP contribution in [0.15, 0.2) is 11.5 Å². The van der Waals surface area contributed by atoms with E-state index >= 15 is 0 Å².